The van der Waals surface area contributed by atoms with Crippen LogP contribution >= 0.6 is 34.8 Å². The summed E-state index contributed by atoms with van der Waals surface area (Å²) in [5.74, 6) is -0.967. The summed E-state index contributed by atoms with van der Waals surface area (Å²) in [6.45, 7) is 0. The van der Waals surface area contributed by atoms with E-state index in [0.29, 0.717) is 22.2 Å². The van der Waals surface area contributed by atoms with Crippen LogP contribution < -0.4 is 19.7 Å². The van der Waals surface area contributed by atoms with Crippen molar-refractivity contribution < 1.29 is 23.9 Å². The third-order valence-electron chi connectivity index (χ3n) is 4.84. The van der Waals surface area contributed by atoms with E-state index in [1.165, 1.54) is 30.3 Å². The highest BCUT2D eigenvalue weighted by molar-refractivity contribution is 6.53. The summed E-state index contributed by atoms with van der Waals surface area (Å²) < 4.78 is 10.4. The smallest absolute Gasteiger partial charge is 0.343 e. The zero-order valence-corrected chi connectivity index (χ0v) is 19.7. The summed E-state index contributed by atoms with van der Waals surface area (Å²) in [6.07, 6.45) is 0. The maximum Gasteiger partial charge on any atom is 0.343 e. The molecule has 0 saturated heterocycles. The van der Waals surface area contributed by atoms with E-state index < -0.39 is 17.8 Å². The SMILES string of the molecule is COc1ccc(OC(=O)c2ccc(NC3=C(Cl)C(=O)N(c4ccc(Cl)cc4Cl)C3=O)cc2)cc1. The molecule has 1 aliphatic heterocycles. The molecule has 0 radical (unpaired) electrons. The lowest BCUT2D eigenvalue weighted by atomic mass is 10.2. The lowest BCUT2D eigenvalue weighted by Gasteiger charge is -2.16. The minimum absolute atomic E-state index is 0.119. The number of nitrogens with one attached hydrogen (secondary N) is 1. The Morgan fingerprint density at radius 2 is 1.50 bits per heavy atom. The van der Waals surface area contributed by atoms with Gasteiger partial charge >= 0.3 is 5.97 Å². The Morgan fingerprint density at radius 3 is 2.12 bits per heavy atom. The van der Waals surface area contributed by atoms with Gasteiger partial charge < -0.3 is 14.8 Å². The first-order chi connectivity index (χ1) is 16.3. The third kappa shape index (κ3) is 4.72. The van der Waals surface area contributed by atoms with Crippen LogP contribution in [0.3, 0.4) is 0 Å². The van der Waals surface area contributed by atoms with Gasteiger partial charge in [-0.3, -0.25) is 9.59 Å². The molecule has 0 fully saturated rings. The summed E-state index contributed by atoms with van der Waals surface area (Å²) in [6, 6.07) is 17.1. The molecule has 2 amide bonds. The fourth-order valence-electron chi connectivity index (χ4n) is 3.14. The molecular weight excluding hydrogens is 503 g/mol. The lowest BCUT2D eigenvalue weighted by Crippen LogP contribution is -2.32. The van der Waals surface area contributed by atoms with Crippen LogP contribution in [0, 0.1) is 0 Å². The molecule has 0 aromatic heterocycles. The predicted octanol–water partition coefficient (Wildman–Crippen LogP) is 5.66. The first-order valence-corrected chi connectivity index (χ1v) is 10.9. The van der Waals surface area contributed by atoms with Crippen molar-refractivity contribution in [1.82, 2.24) is 0 Å². The van der Waals surface area contributed by atoms with Gasteiger partial charge in [0, 0.05) is 10.7 Å². The van der Waals surface area contributed by atoms with Gasteiger partial charge in [-0.05, 0) is 66.7 Å². The van der Waals surface area contributed by atoms with Crippen LogP contribution in [-0.4, -0.2) is 24.9 Å². The summed E-state index contributed by atoms with van der Waals surface area (Å²) in [5, 5.41) is 3.02. The second-order valence-corrected chi connectivity index (χ2v) is 8.22. The van der Waals surface area contributed by atoms with Crippen LogP contribution in [0.5, 0.6) is 11.5 Å². The Labute approximate surface area is 209 Å². The zero-order valence-electron chi connectivity index (χ0n) is 17.5. The van der Waals surface area contributed by atoms with Crippen LogP contribution in [-0.2, 0) is 9.59 Å². The number of halogens is 3. The van der Waals surface area contributed by atoms with Crippen LogP contribution in [0.1, 0.15) is 10.4 Å². The highest BCUT2D eigenvalue weighted by atomic mass is 35.5. The highest BCUT2D eigenvalue weighted by Crippen LogP contribution is 2.35. The van der Waals surface area contributed by atoms with E-state index in [-0.39, 0.29) is 27.0 Å². The fourth-order valence-corrected chi connectivity index (χ4v) is 3.84. The minimum atomic E-state index is -0.724. The van der Waals surface area contributed by atoms with E-state index in [9.17, 15) is 14.4 Å². The predicted molar refractivity (Wildman–Crippen MR) is 130 cm³/mol. The van der Waals surface area contributed by atoms with Gasteiger partial charge in [-0.15, -0.1) is 0 Å². The van der Waals surface area contributed by atoms with Crippen molar-refractivity contribution >= 4 is 64.0 Å². The molecule has 3 aromatic carbocycles. The van der Waals surface area contributed by atoms with E-state index in [1.54, 1.807) is 43.5 Å². The van der Waals surface area contributed by atoms with Gasteiger partial charge in [0.15, 0.2) is 0 Å². The van der Waals surface area contributed by atoms with Crippen LogP contribution in [0.2, 0.25) is 10.0 Å². The topological polar surface area (TPSA) is 84.9 Å². The van der Waals surface area contributed by atoms with Gasteiger partial charge in [0.25, 0.3) is 11.8 Å². The number of nitrogens with zero attached hydrogens (tertiary/aromatic N) is 1. The Morgan fingerprint density at radius 1 is 0.853 bits per heavy atom. The molecule has 0 unspecified atom stereocenters. The molecule has 1 aliphatic rings. The number of anilines is 2. The number of ether oxygens (including phenoxy) is 2. The Bertz CT molecular complexity index is 1320. The molecule has 1 heterocycles. The van der Waals surface area contributed by atoms with Crippen LogP contribution in [0.15, 0.2) is 77.5 Å². The second kappa shape index (κ2) is 9.77. The average molecular weight is 518 g/mol. The number of carbonyl (C=O) groups excluding carboxylic acids is 3. The first kappa shape index (κ1) is 23.6. The average Bonchev–Trinajstić information content (AvgIpc) is 3.03. The van der Waals surface area contributed by atoms with E-state index in [0.717, 1.165) is 4.90 Å². The van der Waals surface area contributed by atoms with Crippen molar-refractivity contribution in [2.24, 2.45) is 0 Å². The minimum Gasteiger partial charge on any atom is -0.497 e. The number of carbonyl (C=O) groups is 3. The molecule has 0 aliphatic carbocycles. The third-order valence-corrected chi connectivity index (χ3v) is 5.73. The number of methoxy groups -OCH3 is 1. The van der Waals surface area contributed by atoms with Crippen LogP contribution in [0.4, 0.5) is 11.4 Å². The van der Waals surface area contributed by atoms with Crippen molar-refractivity contribution in [2.45, 2.75) is 0 Å². The number of esters is 1. The molecule has 0 bridgehead atoms. The number of hydrogen-bond donors (Lipinski definition) is 1. The molecule has 172 valence electrons. The number of imide groups is 1. The Hall–Kier alpha value is -3.52. The van der Waals surface area contributed by atoms with Crippen molar-refractivity contribution in [1.29, 1.82) is 0 Å². The summed E-state index contributed by atoms with van der Waals surface area (Å²) in [5.41, 5.74) is 0.753. The summed E-state index contributed by atoms with van der Waals surface area (Å²) >= 11 is 18.2. The van der Waals surface area contributed by atoms with Crippen molar-refractivity contribution in [3.8, 4) is 11.5 Å². The molecule has 34 heavy (non-hydrogen) atoms. The Balaban J connectivity index is 1.47. The van der Waals surface area contributed by atoms with Gasteiger partial charge in [-0.2, -0.15) is 0 Å². The molecular formula is C24H15Cl3N2O5. The quantitative estimate of drug-likeness (QED) is 0.258. The number of rotatable bonds is 6. The monoisotopic (exact) mass is 516 g/mol. The van der Waals surface area contributed by atoms with Gasteiger partial charge in [-0.1, -0.05) is 34.8 Å². The van der Waals surface area contributed by atoms with Crippen molar-refractivity contribution in [2.75, 3.05) is 17.3 Å². The summed E-state index contributed by atoms with van der Waals surface area (Å²) in [4.78, 5) is 38.8. The molecule has 0 atom stereocenters. The second-order valence-electron chi connectivity index (χ2n) is 7.00. The molecule has 0 spiro atoms. The fraction of sp³-hybridized carbons (Fsp3) is 0.0417. The molecule has 0 saturated carbocycles. The number of benzene rings is 3. The van der Waals surface area contributed by atoms with Gasteiger partial charge in [0.1, 0.15) is 22.2 Å². The first-order valence-electron chi connectivity index (χ1n) is 9.75. The van der Waals surface area contributed by atoms with Crippen LogP contribution in [0.25, 0.3) is 0 Å². The standard InChI is InChI=1S/C24H15Cl3N2O5/c1-33-16-7-9-17(10-8-16)34-24(32)13-2-5-15(6-3-13)28-21-20(27)22(30)29(23(21)31)19-11-4-14(25)12-18(19)26/h2-12,28H,1H3. The molecule has 3 aromatic rings. The van der Waals surface area contributed by atoms with Gasteiger partial charge in [-0.25, -0.2) is 9.69 Å². The summed E-state index contributed by atoms with van der Waals surface area (Å²) in [7, 11) is 1.54. The van der Waals surface area contributed by atoms with E-state index in [1.807, 2.05) is 0 Å². The van der Waals surface area contributed by atoms with Crippen molar-refractivity contribution in [3.05, 3.63) is 93.1 Å². The maximum atomic E-state index is 12.9. The maximum absolute atomic E-state index is 12.9. The molecule has 4 rings (SSSR count). The van der Waals surface area contributed by atoms with Gasteiger partial charge in [0.2, 0.25) is 0 Å². The lowest BCUT2D eigenvalue weighted by molar-refractivity contribution is -0.120. The van der Waals surface area contributed by atoms with Crippen molar-refractivity contribution in [3.63, 3.8) is 0 Å². The highest BCUT2D eigenvalue weighted by Gasteiger charge is 2.39. The number of amides is 2. The largest absolute Gasteiger partial charge is 0.497 e. The van der Waals surface area contributed by atoms with E-state index in [2.05, 4.69) is 5.32 Å². The molecule has 1 N–H and O–H groups in total. The number of hydrogen-bond acceptors (Lipinski definition) is 6. The van der Waals surface area contributed by atoms with Gasteiger partial charge in [0.05, 0.1) is 23.4 Å². The molecule has 10 heteroatoms. The normalized spacial score (nSPS) is 13.4. The zero-order chi connectivity index (χ0) is 24.4. The Kier molecular flexibility index (Phi) is 6.79. The van der Waals surface area contributed by atoms with E-state index >= 15 is 0 Å². The molecule has 7 nitrogen and oxygen atoms in total. The van der Waals surface area contributed by atoms with E-state index in [4.69, 9.17) is 44.3 Å².